The van der Waals surface area contributed by atoms with E-state index in [1.54, 1.807) is 11.3 Å². The highest BCUT2D eigenvalue weighted by molar-refractivity contribution is 7.22. The molecule has 0 atom stereocenters. The number of carbonyl (C=O) groups excluding carboxylic acids is 1. The Hall–Kier alpha value is -4.17. The van der Waals surface area contributed by atoms with Crippen LogP contribution in [-0.4, -0.2) is 69.0 Å². The molecule has 4 aromatic carbocycles. The van der Waals surface area contributed by atoms with E-state index >= 15 is 0 Å². The van der Waals surface area contributed by atoms with Gasteiger partial charge >= 0.3 is 0 Å². The first-order valence-corrected chi connectivity index (χ1v) is 18.1. The van der Waals surface area contributed by atoms with Crippen LogP contribution >= 0.6 is 11.3 Å². The molecule has 0 amide bonds. The Labute approximate surface area is 288 Å². The predicted molar refractivity (Wildman–Crippen MR) is 198 cm³/mol. The molecular weight excluding hydrogens is 615 g/mol. The van der Waals surface area contributed by atoms with Gasteiger partial charge in [0, 0.05) is 59.0 Å². The maximum atomic E-state index is 14.6. The largest absolute Gasteiger partial charge is 0.492 e. The molecule has 5 aromatic rings. The fraction of sp³-hybridized carbons (Fsp3) is 0.341. The zero-order chi connectivity index (χ0) is 32.9. The van der Waals surface area contributed by atoms with Gasteiger partial charge in [-0.15, -0.1) is 11.3 Å². The van der Waals surface area contributed by atoms with Crippen LogP contribution < -0.4 is 14.4 Å². The second-order valence-electron chi connectivity index (χ2n) is 13.2. The molecule has 7 rings (SSSR count). The van der Waals surface area contributed by atoms with Crippen LogP contribution in [0.5, 0.6) is 11.5 Å². The van der Waals surface area contributed by atoms with Gasteiger partial charge in [-0.05, 0) is 117 Å². The molecular formula is C41H45N3O3S. The molecule has 1 aromatic heterocycles. The van der Waals surface area contributed by atoms with Crippen molar-refractivity contribution in [3.05, 3.63) is 113 Å². The third kappa shape index (κ3) is 7.44. The summed E-state index contributed by atoms with van der Waals surface area (Å²) in [5.41, 5.74) is 5.93. The van der Waals surface area contributed by atoms with Gasteiger partial charge in [-0.3, -0.25) is 14.6 Å². The molecule has 0 spiro atoms. The van der Waals surface area contributed by atoms with Crippen LogP contribution in [0.3, 0.4) is 0 Å². The third-order valence-electron chi connectivity index (χ3n) is 9.55. The van der Waals surface area contributed by atoms with E-state index in [1.165, 1.54) is 44.3 Å². The molecule has 48 heavy (non-hydrogen) atoms. The minimum absolute atomic E-state index is 0.0379. The minimum Gasteiger partial charge on any atom is -0.492 e. The Balaban J connectivity index is 1.20. The van der Waals surface area contributed by atoms with Crippen molar-refractivity contribution in [2.45, 2.75) is 38.8 Å². The number of carbonyl (C=O) groups is 1. The zero-order valence-corrected chi connectivity index (χ0v) is 28.9. The molecule has 0 unspecified atom stereocenters. The summed E-state index contributed by atoms with van der Waals surface area (Å²) in [4.78, 5) is 22.7. The number of anilines is 1. The molecule has 2 saturated heterocycles. The SMILES string of the molecule is CN(C)c1cc(C(=O)c2c(-c3ccc(OCCN4CCCC4)cc3)sc3cc(OCc4ccccc4)ccc23)ccc1CN1CCCC1. The Morgan fingerprint density at radius 2 is 1.48 bits per heavy atom. The molecule has 2 aliphatic heterocycles. The lowest BCUT2D eigenvalue weighted by molar-refractivity contribution is 0.104. The summed E-state index contributed by atoms with van der Waals surface area (Å²) in [6, 6.07) is 30.8. The number of fused-ring (bicyclic) bond motifs is 1. The highest BCUT2D eigenvalue weighted by Gasteiger charge is 2.24. The minimum atomic E-state index is 0.0379. The quantitative estimate of drug-likeness (QED) is 0.118. The van der Waals surface area contributed by atoms with E-state index < -0.39 is 0 Å². The van der Waals surface area contributed by atoms with Gasteiger partial charge in [0.1, 0.15) is 24.7 Å². The normalized spacial score (nSPS) is 15.3. The van der Waals surface area contributed by atoms with E-state index in [0.29, 0.717) is 18.8 Å². The van der Waals surface area contributed by atoms with Crippen molar-refractivity contribution in [1.29, 1.82) is 0 Å². The van der Waals surface area contributed by atoms with E-state index in [2.05, 4.69) is 71.3 Å². The number of likely N-dealkylation sites (tertiary alicyclic amines) is 2. The topological polar surface area (TPSA) is 45.3 Å². The van der Waals surface area contributed by atoms with Crippen LogP contribution in [0.25, 0.3) is 20.5 Å². The van der Waals surface area contributed by atoms with Crippen molar-refractivity contribution < 1.29 is 14.3 Å². The maximum absolute atomic E-state index is 14.6. The Morgan fingerprint density at radius 1 is 0.771 bits per heavy atom. The van der Waals surface area contributed by atoms with Crippen LogP contribution in [0.2, 0.25) is 0 Å². The van der Waals surface area contributed by atoms with Crippen LogP contribution in [-0.2, 0) is 13.2 Å². The van der Waals surface area contributed by atoms with Gasteiger partial charge in [-0.25, -0.2) is 0 Å². The number of rotatable bonds is 13. The second kappa shape index (κ2) is 14.9. The molecule has 0 saturated carbocycles. The molecule has 0 N–H and O–H groups in total. The third-order valence-corrected chi connectivity index (χ3v) is 10.8. The predicted octanol–water partition coefficient (Wildman–Crippen LogP) is 8.51. The number of benzene rings is 4. The highest BCUT2D eigenvalue weighted by atomic mass is 32.1. The van der Waals surface area contributed by atoms with Gasteiger partial charge in [-0.2, -0.15) is 0 Å². The van der Waals surface area contributed by atoms with Crippen molar-refractivity contribution in [1.82, 2.24) is 9.80 Å². The summed E-state index contributed by atoms with van der Waals surface area (Å²) in [7, 11) is 4.13. The summed E-state index contributed by atoms with van der Waals surface area (Å²) < 4.78 is 13.3. The fourth-order valence-electron chi connectivity index (χ4n) is 6.92. The molecule has 3 heterocycles. The molecule has 0 aliphatic carbocycles. The first-order valence-electron chi connectivity index (χ1n) is 17.3. The number of ketones is 1. The summed E-state index contributed by atoms with van der Waals surface area (Å²) in [5, 5.41) is 0.950. The van der Waals surface area contributed by atoms with Gasteiger partial charge in [0.05, 0.1) is 0 Å². The van der Waals surface area contributed by atoms with Gasteiger partial charge in [0.2, 0.25) is 0 Å². The summed E-state index contributed by atoms with van der Waals surface area (Å²) in [5.74, 6) is 1.68. The van der Waals surface area contributed by atoms with Crippen molar-refractivity contribution in [2.24, 2.45) is 0 Å². The van der Waals surface area contributed by atoms with Crippen molar-refractivity contribution in [2.75, 3.05) is 58.3 Å². The highest BCUT2D eigenvalue weighted by Crippen LogP contribution is 2.42. The van der Waals surface area contributed by atoms with E-state index in [0.717, 1.165) is 75.0 Å². The molecule has 2 fully saturated rings. The van der Waals surface area contributed by atoms with Crippen LogP contribution in [0.4, 0.5) is 5.69 Å². The lowest BCUT2D eigenvalue weighted by Gasteiger charge is -2.22. The molecule has 0 bridgehead atoms. The summed E-state index contributed by atoms with van der Waals surface area (Å²) >= 11 is 1.65. The van der Waals surface area contributed by atoms with Crippen LogP contribution in [0.1, 0.15) is 52.7 Å². The van der Waals surface area contributed by atoms with Gasteiger partial charge < -0.3 is 14.4 Å². The van der Waals surface area contributed by atoms with Gasteiger partial charge in [0.15, 0.2) is 5.78 Å². The van der Waals surface area contributed by atoms with E-state index in [4.69, 9.17) is 9.47 Å². The van der Waals surface area contributed by atoms with Gasteiger partial charge in [-0.1, -0.05) is 42.5 Å². The number of hydrogen-bond acceptors (Lipinski definition) is 7. The Kier molecular flexibility index (Phi) is 10.1. The number of nitrogens with zero attached hydrogens (tertiary/aromatic N) is 3. The number of thiophene rings is 1. The maximum Gasteiger partial charge on any atom is 0.195 e. The summed E-state index contributed by atoms with van der Waals surface area (Å²) in [6.45, 7) is 7.65. The molecule has 7 heteroatoms. The number of hydrogen-bond donors (Lipinski definition) is 0. The fourth-order valence-corrected chi connectivity index (χ4v) is 8.15. The van der Waals surface area contributed by atoms with Gasteiger partial charge in [0.25, 0.3) is 0 Å². The molecule has 2 aliphatic rings. The van der Waals surface area contributed by atoms with E-state index in [1.807, 2.05) is 48.5 Å². The van der Waals surface area contributed by atoms with E-state index in [9.17, 15) is 4.79 Å². The standard InChI is InChI=1S/C41H45N3O3S/c1-42(2)37-26-32(12-13-33(37)28-44-22-8-9-23-44)40(45)39-36-19-18-35(47-29-30-10-4-3-5-11-30)27-38(36)48-41(39)31-14-16-34(17-15-31)46-25-24-43-20-6-7-21-43/h3-5,10-19,26-27H,6-9,20-25,28-29H2,1-2H3. The summed E-state index contributed by atoms with van der Waals surface area (Å²) in [6.07, 6.45) is 5.08. The van der Waals surface area contributed by atoms with Crippen LogP contribution in [0, 0.1) is 0 Å². The molecule has 0 radical (unpaired) electrons. The van der Waals surface area contributed by atoms with Crippen molar-refractivity contribution >= 4 is 32.9 Å². The smallest absolute Gasteiger partial charge is 0.195 e. The lowest BCUT2D eigenvalue weighted by Crippen LogP contribution is -2.25. The molecule has 248 valence electrons. The number of ether oxygens (including phenoxy) is 2. The zero-order valence-electron chi connectivity index (χ0n) is 28.1. The molecule has 6 nitrogen and oxygen atoms in total. The van der Waals surface area contributed by atoms with Crippen molar-refractivity contribution in [3.63, 3.8) is 0 Å². The second-order valence-corrected chi connectivity index (χ2v) is 14.3. The Morgan fingerprint density at radius 3 is 2.21 bits per heavy atom. The first kappa shape index (κ1) is 32.4. The average Bonchev–Trinajstić information content (AvgIpc) is 3.90. The van der Waals surface area contributed by atoms with E-state index in [-0.39, 0.29) is 5.78 Å². The lowest BCUT2D eigenvalue weighted by atomic mass is 9.96. The monoisotopic (exact) mass is 659 g/mol. The first-order chi connectivity index (χ1) is 23.5. The van der Waals surface area contributed by atoms with Crippen LogP contribution in [0.15, 0.2) is 91.0 Å². The average molecular weight is 660 g/mol. The Bertz CT molecular complexity index is 1840. The van der Waals surface area contributed by atoms with Crippen molar-refractivity contribution in [3.8, 4) is 21.9 Å².